The van der Waals surface area contributed by atoms with Gasteiger partial charge in [-0.05, 0) is 38.2 Å². The minimum Gasteiger partial charge on any atom is -0.366 e. The van der Waals surface area contributed by atoms with Gasteiger partial charge < -0.3 is 11.1 Å². The number of nitrogens with two attached hydrogens (primary N) is 1. The Morgan fingerprint density at radius 1 is 1.32 bits per heavy atom. The van der Waals surface area contributed by atoms with Crippen molar-refractivity contribution in [1.82, 2.24) is 9.88 Å². The highest BCUT2D eigenvalue weighted by Gasteiger charge is 2.09. The van der Waals surface area contributed by atoms with E-state index in [1.165, 1.54) is 0 Å². The van der Waals surface area contributed by atoms with Crippen LogP contribution in [0, 0.1) is 6.92 Å². The summed E-state index contributed by atoms with van der Waals surface area (Å²) in [5.41, 5.74) is 7.21. The van der Waals surface area contributed by atoms with Crippen molar-refractivity contribution in [2.45, 2.75) is 13.5 Å². The molecular weight excluding hydrogens is 300 g/mol. The van der Waals surface area contributed by atoms with Crippen LogP contribution in [-0.4, -0.2) is 35.3 Å². The van der Waals surface area contributed by atoms with Crippen LogP contribution in [0.5, 0.6) is 0 Å². The third-order valence-corrected chi connectivity index (χ3v) is 3.89. The first-order valence-corrected chi connectivity index (χ1v) is 7.61. The fourth-order valence-corrected chi connectivity index (χ4v) is 2.78. The van der Waals surface area contributed by atoms with E-state index in [1.54, 1.807) is 35.6 Å². The number of nitrogens with zero attached hydrogens (tertiary/aromatic N) is 2. The molecular formula is C15H18N4O2S. The number of aromatic nitrogens is 1. The van der Waals surface area contributed by atoms with E-state index < -0.39 is 5.91 Å². The molecule has 2 rings (SSSR count). The van der Waals surface area contributed by atoms with Gasteiger partial charge in [0.25, 0.3) is 0 Å². The first-order chi connectivity index (χ1) is 10.4. The van der Waals surface area contributed by atoms with Gasteiger partial charge in [-0.1, -0.05) is 0 Å². The molecule has 0 fully saturated rings. The summed E-state index contributed by atoms with van der Waals surface area (Å²) in [6, 6.07) is 6.48. The lowest BCUT2D eigenvalue weighted by molar-refractivity contribution is -0.117. The van der Waals surface area contributed by atoms with Crippen molar-refractivity contribution < 1.29 is 9.59 Å². The van der Waals surface area contributed by atoms with Crippen molar-refractivity contribution >= 4 is 28.8 Å². The second-order valence-corrected chi connectivity index (χ2v) is 5.99. The molecule has 2 aromatic rings. The van der Waals surface area contributed by atoms with Crippen LogP contribution >= 0.6 is 11.3 Å². The first kappa shape index (κ1) is 16.1. The van der Waals surface area contributed by atoms with Gasteiger partial charge in [0.1, 0.15) is 5.01 Å². The van der Waals surface area contributed by atoms with Crippen LogP contribution in [0.3, 0.4) is 0 Å². The summed E-state index contributed by atoms with van der Waals surface area (Å²) >= 11 is 1.58. The van der Waals surface area contributed by atoms with E-state index in [-0.39, 0.29) is 12.5 Å². The molecule has 0 aliphatic carbocycles. The second kappa shape index (κ2) is 7.15. The van der Waals surface area contributed by atoms with Crippen LogP contribution in [0.1, 0.15) is 21.1 Å². The number of anilines is 1. The fraction of sp³-hybridized carbons (Fsp3) is 0.267. The number of carbonyl (C=O) groups is 2. The Balaban J connectivity index is 1.85. The van der Waals surface area contributed by atoms with Gasteiger partial charge in [0, 0.05) is 22.3 Å². The minimum atomic E-state index is -0.489. The Labute approximate surface area is 133 Å². The van der Waals surface area contributed by atoms with Crippen molar-refractivity contribution in [3.05, 3.63) is 45.9 Å². The molecule has 0 bridgehead atoms. The SMILES string of the molecule is Cc1csc(CN(C)CC(=O)Nc2ccc(C(N)=O)cc2)n1. The molecule has 6 nitrogen and oxygen atoms in total. The van der Waals surface area contributed by atoms with Crippen molar-refractivity contribution in [1.29, 1.82) is 0 Å². The standard InChI is InChI=1S/C15H18N4O2S/c1-10-9-22-14(17-10)8-19(2)7-13(20)18-12-5-3-11(4-6-12)15(16)21/h3-6,9H,7-8H2,1-2H3,(H2,16,21)(H,18,20). The first-order valence-electron chi connectivity index (χ1n) is 6.73. The molecule has 2 amide bonds. The van der Waals surface area contributed by atoms with E-state index in [0.717, 1.165) is 10.7 Å². The maximum absolute atomic E-state index is 12.0. The highest BCUT2D eigenvalue weighted by atomic mass is 32.1. The summed E-state index contributed by atoms with van der Waals surface area (Å²) in [5.74, 6) is -0.612. The Bertz CT molecular complexity index is 666. The number of hydrogen-bond acceptors (Lipinski definition) is 5. The number of benzene rings is 1. The Morgan fingerprint density at radius 2 is 2.00 bits per heavy atom. The molecule has 7 heteroatoms. The fourth-order valence-electron chi connectivity index (χ4n) is 1.93. The molecule has 0 saturated heterocycles. The zero-order chi connectivity index (χ0) is 16.1. The van der Waals surface area contributed by atoms with Gasteiger partial charge in [-0.3, -0.25) is 14.5 Å². The number of thiazole rings is 1. The third kappa shape index (κ3) is 4.64. The molecule has 0 atom stereocenters. The van der Waals surface area contributed by atoms with Crippen LogP contribution in [0.2, 0.25) is 0 Å². The highest BCUT2D eigenvalue weighted by Crippen LogP contribution is 2.11. The van der Waals surface area contributed by atoms with E-state index in [4.69, 9.17) is 5.73 Å². The predicted molar refractivity (Wildman–Crippen MR) is 86.8 cm³/mol. The quantitative estimate of drug-likeness (QED) is 0.847. The number of nitrogens with one attached hydrogen (secondary N) is 1. The molecule has 0 saturated carbocycles. The number of primary amides is 1. The van der Waals surface area contributed by atoms with Gasteiger partial charge in [-0.25, -0.2) is 4.98 Å². The van der Waals surface area contributed by atoms with Crippen molar-refractivity contribution in [3.63, 3.8) is 0 Å². The largest absolute Gasteiger partial charge is 0.366 e. The molecule has 1 heterocycles. The Hall–Kier alpha value is -2.25. The minimum absolute atomic E-state index is 0.123. The highest BCUT2D eigenvalue weighted by molar-refractivity contribution is 7.09. The van der Waals surface area contributed by atoms with Crippen LogP contribution in [-0.2, 0) is 11.3 Å². The van der Waals surface area contributed by atoms with Gasteiger partial charge in [-0.2, -0.15) is 0 Å². The lowest BCUT2D eigenvalue weighted by atomic mass is 10.2. The van der Waals surface area contributed by atoms with Crippen molar-refractivity contribution in [2.75, 3.05) is 18.9 Å². The maximum atomic E-state index is 12.0. The number of likely N-dealkylation sites (N-methyl/N-ethyl adjacent to an activating group) is 1. The molecule has 0 aliphatic rings. The molecule has 3 N–H and O–H groups in total. The van der Waals surface area contributed by atoms with E-state index >= 15 is 0 Å². The normalized spacial score (nSPS) is 10.7. The number of carbonyl (C=O) groups excluding carboxylic acids is 2. The van der Waals surface area contributed by atoms with Gasteiger partial charge in [0.05, 0.1) is 13.1 Å². The summed E-state index contributed by atoms with van der Waals surface area (Å²) in [6.07, 6.45) is 0. The van der Waals surface area contributed by atoms with Crippen LogP contribution in [0.4, 0.5) is 5.69 Å². The molecule has 22 heavy (non-hydrogen) atoms. The van der Waals surface area contributed by atoms with Crippen LogP contribution < -0.4 is 11.1 Å². The topological polar surface area (TPSA) is 88.3 Å². The van der Waals surface area contributed by atoms with E-state index in [0.29, 0.717) is 17.8 Å². The van der Waals surface area contributed by atoms with Crippen LogP contribution in [0.25, 0.3) is 0 Å². The summed E-state index contributed by atoms with van der Waals surface area (Å²) in [6.45, 7) is 2.84. The summed E-state index contributed by atoms with van der Waals surface area (Å²) in [4.78, 5) is 29.2. The zero-order valence-electron chi connectivity index (χ0n) is 12.5. The summed E-state index contributed by atoms with van der Waals surface area (Å²) < 4.78 is 0. The van der Waals surface area contributed by atoms with Gasteiger partial charge in [0.2, 0.25) is 11.8 Å². The van der Waals surface area contributed by atoms with Crippen molar-refractivity contribution in [3.8, 4) is 0 Å². The molecule has 0 aliphatic heterocycles. The molecule has 0 unspecified atom stereocenters. The van der Waals surface area contributed by atoms with Crippen molar-refractivity contribution in [2.24, 2.45) is 5.73 Å². The zero-order valence-corrected chi connectivity index (χ0v) is 13.3. The summed E-state index contributed by atoms with van der Waals surface area (Å²) in [7, 11) is 1.87. The van der Waals surface area contributed by atoms with Gasteiger partial charge in [-0.15, -0.1) is 11.3 Å². The van der Waals surface area contributed by atoms with E-state index in [2.05, 4.69) is 10.3 Å². The maximum Gasteiger partial charge on any atom is 0.248 e. The molecule has 1 aromatic carbocycles. The van der Waals surface area contributed by atoms with E-state index in [1.807, 2.05) is 24.3 Å². The number of amides is 2. The Morgan fingerprint density at radius 3 is 2.55 bits per heavy atom. The lowest BCUT2D eigenvalue weighted by Crippen LogP contribution is -2.29. The molecule has 1 aromatic heterocycles. The monoisotopic (exact) mass is 318 g/mol. The van der Waals surface area contributed by atoms with Gasteiger partial charge in [0.15, 0.2) is 0 Å². The smallest absolute Gasteiger partial charge is 0.248 e. The van der Waals surface area contributed by atoms with Crippen LogP contribution in [0.15, 0.2) is 29.6 Å². The lowest BCUT2D eigenvalue weighted by Gasteiger charge is -2.14. The Kier molecular flexibility index (Phi) is 5.24. The summed E-state index contributed by atoms with van der Waals surface area (Å²) in [5, 5.41) is 5.75. The third-order valence-electron chi connectivity index (χ3n) is 2.94. The predicted octanol–water partition coefficient (Wildman–Crippen LogP) is 1.62. The number of aryl methyl sites for hydroxylation is 1. The number of rotatable bonds is 6. The number of hydrogen-bond donors (Lipinski definition) is 2. The van der Waals surface area contributed by atoms with Gasteiger partial charge >= 0.3 is 0 Å². The molecule has 0 spiro atoms. The molecule has 0 radical (unpaired) electrons. The second-order valence-electron chi connectivity index (χ2n) is 5.04. The average Bonchev–Trinajstić information content (AvgIpc) is 2.84. The molecule has 116 valence electrons. The average molecular weight is 318 g/mol. The van der Waals surface area contributed by atoms with E-state index in [9.17, 15) is 9.59 Å².